The second kappa shape index (κ2) is 3.59. The van der Waals surface area contributed by atoms with Gasteiger partial charge in [0.05, 0.1) is 5.56 Å². The molecule has 0 radical (unpaired) electrons. The van der Waals surface area contributed by atoms with Gasteiger partial charge < -0.3 is 0 Å². The van der Waals surface area contributed by atoms with E-state index < -0.39 is 6.43 Å². The predicted molar refractivity (Wildman–Crippen MR) is 41.6 cm³/mol. The van der Waals surface area contributed by atoms with Crippen molar-refractivity contribution in [3.8, 4) is 6.07 Å². The molecule has 5 heteroatoms. The van der Waals surface area contributed by atoms with E-state index >= 15 is 0 Å². The number of hydrogen-bond donors (Lipinski definition) is 0. The van der Waals surface area contributed by atoms with Gasteiger partial charge >= 0.3 is 0 Å². The highest BCUT2D eigenvalue weighted by molar-refractivity contribution is 9.10. The molecule has 1 aromatic heterocycles. The summed E-state index contributed by atoms with van der Waals surface area (Å²) in [5.74, 6) is 0. The van der Waals surface area contributed by atoms with Gasteiger partial charge in [0.15, 0.2) is 0 Å². The molecule has 0 aliphatic rings. The van der Waals surface area contributed by atoms with Gasteiger partial charge in [-0.25, -0.2) is 13.8 Å². The molecular formula is C7H3BrF2N2. The molecule has 12 heavy (non-hydrogen) atoms. The van der Waals surface area contributed by atoms with Crippen molar-refractivity contribution < 1.29 is 8.78 Å². The van der Waals surface area contributed by atoms with Crippen LogP contribution >= 0.6 is 15.9 Å². The van der Waals surface area contributed by atoms with Crippen molar-refractivity contribution in [2.24, 2.45) is 0 Å². The lowest BCUT2D eigenvalue weighted by molar-refractivity contribution is 0.150. The minimum Gasteiger partial charge on any atom is -0.244 e. The van der Waals surface area contributed by atoms with E-state index in [0.29, 0.717) is 4.47 Å². The van der Waals surface area contributed by atoms with Gasteiger partial charge in [-0.2, -0.15) is 5.26 Å². The molecule has 0 aliphatic heterocycles. The highest BCUT2D eigenvalue weighted by Crippen LogP contribution is 2.23. The molecule has 0 aromatic carbocycles. The molecule has 0 bridgehead atoms. The summed E-state index contributed by atoms with van der Waals surface area (Å²) in [5.41, 5.74) is -0.569. The number of nitriles is 1. The SMILES string of the molecule is N#Cc1ncc(Br)cc1C(F)F. The van der Waals surface area contributed by atoms with Crippen molar-refractivity contribution in [3.05, 3.63) is 28.0 Å². The Hall–Kier alpha value is -1.02. The maximum Gasteiger partial charge on any atom is 0.266 e. The summed E-state index contributed by atoms with van der Waals surface area (Å²) in [6, 6.07) is 2.78. The maximum atomic E-state index is 12.2. The fraction of sp³-hybridized carbons (Fsp3) is 0.143. The number of nitrogens with zero attached hydrogens (tertiary/aromatic N) is 2. The maximum absolute atomic E-state index is 12.2. The molecule has 0 saturated heterocycles. The summed E-state index contributed by atoms with van der Waals surface area (Å²) >= 11 is 2.99. The summed E-state index contributed by atoms with van der Waals surface area (Å²) < 4.78 is 24.8. The number of pyridine rings is 1. The van der Waals surface area contributed by atoms with Gasteiger partial charge in [0.1, 0.15) is 11.8 Å². The molecular weight excluding hydrogens is 230 g/mol. The summed E-state index contributed by atoms with van der Waals surface area (Å²) in [4.78, 5) is 3.53. The van der Waals surface area contributed by atoms with Crippen LogP contribution in [0.2, 0.25) is 0 Å². The molecule has 0 aliphatic carbocycles. The van der Waals surface area contributed by atoms with Crippen molar-refractivity contribution in [1.29, 1.82) is 5.26 Å². The first kappa shape index (κ1) is 9.07. The Bertz CT molecular complexity index is 333. The molecule has 0 atom stereocenters. The molecule has 0 saturated carbocycles. The third-order valence-electron chi connectivity index (χ3n) is 1.22. The molecule has 0 N–H and O–H groups in total. The minimum absolute atomic E-state index is 0.229. The van der Waals surface area contributed by atoms with Crippen LogP contribution in [0.25, 0.3) is 0 Å². The van der Waals surface area contributed by atoms with Crippen molar-refractivity contribution >= 4 is 15.9 Å². The van der Waals surface area contributed by atoms with Crippen molar-refractivity contribution in [2.45, 2.75) is 6.43 Å². The second-order valence-electron chi connectivity index (χ2n) is 2.00. The number of halogens is 3. The normalized spacial score (nSPS) is 9.92. The van der Waals surface area contributed by atoms with E-state index in [-0.39, 0.29) is 11.3 Å². The highest BCUT2D eigenvalue weighted by Gasteiger charge is 2.13. The third kappa shape index (κ3) is 1.77. The minimum atomic E-state index is -2.66. The smallest absolute Gasteiger partial charge is 0.244 e. The van der Waals surface area contributed by atoms with Crippen LogP contribution in [-0.4, -0.2) is 4.98 Å². The summed E-state index contributed by atoms with van der Waals surface area (Å²) in [7, 11) is 0. The molecule has 62 valence electrons. The van der Waals surface area contributed by atoms with Gasteiger partial charge in [0.25, 0.3) is 6.43 Å². The van der Waals surface area contributed by atoms with Crippen LogP contribution in [0.3, 0.4) is 0 Å². The molecule has 0 unspecified atom stereocenters. The van der Waals surface area contributed by atoms with Gasteiger partial charge in [-0.05, 0) is 22.0 Å². The fourth-order valence-electron chi connectivity index (χ4n) is 0.715. The molecule has 1 heterocycles. The van der Waals surface area contributed by atoms with Crippen LogP contribution in [0.4, 0.5) is 8.78 Å². The molecule has 1 aromatic rings. The number of rotatable bonds is 1. The third-order valence-corrected chi connectivity index (χ3v) is 1.66. The van der Waals surface area contributed by atoms with Crippen LogP contribution in [0.1, 0.15) is 17.7 Å². The largest absolute Gasteiger partial charge is 0.266 e. The number of hydrogen-bond acceptors (Lipinski definition) is 2. The van der Waals surface area contributed by atoms with Gasteiger partial charge in [0, 0.05) is 10.7 Å². The zero-order chi connectivity index (χ0) is 9.14. The average Bonchev–Trinajstić information content (AvgIpc) is 2.04. The lowest BCUT2D eigenvalue weighted by Gasteiger charge is -2.00. The van der Waals surface area contributed by atoms with E-state index in [2.05, 4.69) is 20.9 Å². The van der Waals surface area contributed by atoms with E-state index in [9.17, 15) is 8.78 Å². The van der Waals surface area contributed by atoms with E-state index in [1.807, 2.05) is 0 Å². The van der Waals surface area contributed by atoms with Gasteiger partial charge in [-0.1, -0.05) is 0 Å². The molecule has 1 rings (SSSR count). The molecule has 0 amide bonds. The first-order chi connectivity index (χ1) is 5.65. The molecule has 2 nitrogen and oxygen atoms in total. The molecule has 0 fully saturated rings. The summed E-state index contributed by atoms with van der Waals surface area (Å²) in [6.45, 7) is 0. The number of aromatic nitrogens is 1. The Labute approximate surface area is 76.0 Å². The first-order valence-corrected chi connectivity index (χ1v) is 3.78. The van der Waals surface area contributed by atoms with Gasteiger partial charge in [-0.3, -0.25) is 0 Å². The van der Waals surface area contributed by atoms with Gasteiger partial charge in [0.2, 0.25) is 0 Å². The Kier molecular flexibility index (Phi) is 2.71. The highest BCUT2D eigenvalue weighted by atomic mass is 79.9. The number of alkyl halides is 2. The summed E-state index contributed by atoms with van der Waals surface area (Å²) in [6.07, 6.45) is -1.35. The zero-order valence-electron chi connectivity index (χ0n) is 5.76. The van der Waals surface area contributed by atoms with E-state index in [4.69, 9.17) is 5.26 Å². The first-order valence-electron chi connectivity index (χ1n) is 2.99. The van der Waals surface area contributed by atoms with Crippen LogP contribution in [-0.2, 0) is 0 Å². The lowest BCUT2D eigenvalue weighted by Crippen LogP contribution is -1.93. The van der Waals surface area contributed by atoms with Gasteiger partial charge in [-0.15, -0.1) is 0 Å². The lowest BCUT2D eigenvalue weighted by atomic mass is 10.2. The molecule has 0 spiro atoms. The van der Waals surface area contributed by atoms with E-state index in [1.165, 1.54) is 12.3 Å². The van der Waals surface area contributed by atoms with Crippen molar-refractivity contribution in [1.82, 2.24) is 4.98 Å². The van der Waals surface area contributed by atoms with Crippen LogP contribution in [0, 0.1) is 11.3 Å². The Morgan fingerprint density at radius 1 is 1.58 bits per heavy atom. The average molecular weight is 233 g/mol. The van der Waals surface area contributed by atoms with Crippen LogP contribution in [0.5, 0.6) is 0 Å². The second-order valence-corrected chi connectivity index (χ2v) is 2.92. The Balaban J connectivity index is 3.24. The van der Waals surface area contributed by atoms with E-state index in [0.717, 1.165) is 0 Å². The monoisotopic (exact) mass is 232 g/mol. The quantitative estimate of drug-likeness (QED) is 0.747. The van der Waals surface area contributed by atoms with Crippen molar-refractivity contribution in [2.75, 3.05) is 0 Å². The Morgan fingerprint density at radius 2 is 2.25 bits per heavy atom. The van der Waals surface area contributed by atoms with Crippen molar-refractivity contribution in [3.63, 3.8) is 0 Å². The topological polar surface area (TPSA) is 36.7 Å². The van der Waals surface area contributed by atoms with Crippen LogP contribution < -0.4 is 0 Å². The predicted octanol–water partition coefficient (Wildman–Crippen LogP) is 2.65. The van der Waals surface area contributed by atoms with Crippen LogP contribution in [0.15, 0.2) is 16.7 Å². The van der Waals surface area contributed by atoms with E-state index in [1.54, 1.807) is 6.07 Å². The Morgan fingerprint density at radius 3 is 2.75 bits per heavy atom. The zero-order valence-corrected chi connectivity index (χ0v) is 7.35. The summed E-state index contributed by atoms with van der Waals surface area (Å²) in [5, 5.41) is 8.40. The standard InChI is InChI=1S/C7H3BrF2N2/c8-4-1-5(7(9)10)6(2-11)12-3-4/h1,3,7H. The fourth-order valence-corrected chi connectivity index (χ4v) is 1.06.